The summed E-state index contributed by atoms with van der Waals surface area (Å²) in [6.07, 6.45) is 4.27. The lowest BCUT2D eigenvalue weighted by atomic mass is 10.1. The molecule has 94 valence electrons. The number of alkyl halides is 1. The molecule has 0 aliphatic heterocycles. The number of unbranched alkanes of at least 4 members (excludes halogenated alkanes) is 1. The van der Waals surface area contributed by atoms with E-state index >= 15 is 0 Å². The number of hydrogen-bond donors (Lipinski definition) is 1. The summed E-state index contributed by atoms with van der Waals surface area (Å²) < 4.78 is 0. The van der Waals surface area contributed by atoms with E-state index in [1.165, 1.54) is 0 Å². The van der Waals surface area contributed by atoms with E-state index in [4.69, 9.17) is 11.6 Å². The van der Waals surface area contributed by atoms with Crippen LogP contribution in [0.4, 0.5) is 0 Å². The van der Waals surface area contributed by atoms with E-state index in [9.17, 15) is 4.79 Å². The third kappa shape index (κ3) is 5.46. The molecule has 0 radical (unpaired) electrons. The molecule has 0 aromatic heterocycles. The Morgan fingerprint density at radius 3 is 2.59 bits per heavy atom. The van der Waals surface area contributed by atoms with Crippen LogP contribution in [-0.2, 0) is 5.88 Å². The Hall–Kier alpha value is -0.670. The topological polar surface area (TPSA) is 29.1 Å². The van der Waals surface area contributed by atoms with Gasteiger partial charge in [-0.25, -0.2) is 0 Å². The zero-order chi connectivity index (χ0) is 12.5. The first-order valence-electron chi connectivity index (χ1n) is 5.70. The van der Waals surface area contributed by atoms with E-state index in [0.29, 0.717) is 11.4 Å². The van der Waals surface area contributed by atoms with Gasteiger partial charge in [-0.3, -0.25) is 4.79 Å². The zero-order valence-corrected chi connectivity index (χ0v) is 11.6. The van der Waals surface area contributed by atoms with Crippen molar-refractivity contribution < 1.29 is 4.79 Å². The van der Waals surface area contributed by atoms with Crippen LogP contribution in [0, 0.1) is 0 Å². The molecule has 0 aliphatic carbocycles. The average molecular weight is 272 g/mol. The van der Waals surface area contributed by atoms with Crippen LogP contribution in [0.1, 0.15) is 28.8 Å². The number of benzene rings is 1. The van der Waals surface area contributed by atoms with Gasteiger partial charge in [-0.2, -0.15) is 11.8 Å². The van der Waals surface area contributed by atoms with Crippen LogP contribution in [0.5, 0.6) is 0 Å². The Morgan fingerprint density at radius 2 is 2.00 bits per heavy atom. The number of nitrogens with one attached hydrogen (secondary N) is 1. The standard InChI is InChI=1S/C13H18ClNOS/c1-17-9-3-2-8-15-13(16)12-6-4-11(10-14)5-7-12/h4-7H,2-3,8-10H2,1H3,(H,15,16). The molecular weight excluding hydrogens is 254 g/mol. The van der Waals surface area contributed by atoms with Gasteiger partial charge in [-0.05, 0) is 42.5 Å². The Labute approximate surface area is 112 Å². The molecule has 1 aromatic rings. The fraction of sp³-hybridized carbons (Fsp3) is 0.462. The van der Waals surface area contributed by atoms with Gasteiger partial charge in [-0.1, -0.05) is 12.1 Å². The average Bonchev–Trinajstić information content (AvgIpc) is 2.38. The van der Waals surface area contributed by atoms with E-state index in [1.54, 1.807) is 0 Å². The van der Waals surface area contributed by atoms with Gasteiger partial charge in [0.05, 0.1) is 0 Å². The van der Waals surface area contributed by atoms with Gasteiger partial charge in [0.15, 0.2) is 0 Å². The van der Waals surface area contributed by atoms with Crippen molar-refractivity contribution in [3.8, 4) is 0 Å². The molecular formula is C13H18ClNOS. The Kier molecular flexibility index (Phi) is 7.13. The fourth-order valence-corrected chi connectivity index (χ4v) is 2.09. The fourth-order valence-electron chi connectivity index (χ4n) is 1.42. The summed E-state index contributed by atoms with van der Waals surface area (Å²) in [6, 6.07) is 7.40. The molecule has 4 heteroatoms. The lowest BCUT2D eigenvalue weighted by molar-refractivity contribution is 0.0953. The number of carbonyl (C=O) groups is 1. The van der Waals surface area contributed by atoms with Crippen LogP contribution in [0.25, 0.3) is 0 Å². The zero-order valence-electron chi connectivity index (χ0n) is 10.0. The lowest BCUT2D eigenvalue weighted by Gasteiger charge is -2.05. The largest absolute Gasteiger partial charge is 0.352 e. The molecule has 1 rings (SSSR count). The summed E-state index contributed by atoms with van der Waals surface area (Å²) >= 11 is 7.52. The molecule has 17 heavy (non-hydrogen) atoms. The summed E-state index contributed by atoms with van der Waals surface area (Å²) in [5.41, 5.74) is 1.73. The number of amides is 1. The molecule has 0 unspecified atom stereocenters. The molecule has 1 amide bonds. The van der Waals surface area contributed by atoms with Gasteiger partial charge in [0.25, 0.3) is 5.91 Å². The van der Waals surface area contributed by atoms with Gasteiger partial charge < -0.3 is 5.32 Å². The molecule has 0 bridgehead atoms. The van der Waals surface area contributed by atoms with Crippen molar-refractivity contribution in [2.75, 3.05) is 18.6 Å². The van der Waals surface area contributed by atoms with Gasteiger partial charge in [-0.15, -0.1) is 11.6 Å². The predicted molar refractivity (Wildman–Crippen MR) is 75.9 cm³/mol. The lowest BCUT2D eigenvalue weighted by Crippen LogP contribution is -2.24. The maximum atomic E-state index is 11.7. The minimum atomic E-state index is -0.00438. The number of hydrogen-bond acceptors (Lipinski definition) is 2. The second-order valence-electron chi connectivity index (χ2n) is 3.79. The highest BCUT2D eigenvalue weighted by Crippen LogP contribution is 2.06. The van der Waals surface area contributed by atoms with Crippen LogP contribution in [-0.4, -0.2) is 24.5 Å². The molecule has 0 heterocycles. The van der Waals surface area contributed by atoms with E-state index in [2.05, 4.69) is 11.6 Å². The molecule has 2 nitrogen and oxygen atoms in total. The van der Waals surface area contributed by atoms with E-state index in [0.717, 1.165) is 30.7 Å². The van der Waals surface area contributed by atoms with Crippen molar-refractivity contribution in [3.05, 3.63) is 35.4 Å². The minimum Gasteiger partial charge on any atom is -0.352 e. The maximum Gasteiger partial charge on any atom is 0.251 e. The normalized spacial score (nSPS) is 10.2. The quantitative estimate of drug-likeness (QED) is 0.609. The highest BCUT2D eigenvalue weighted by atomic mass is 35.5. The first-order valence-corrected chi connectivity index (χ1v) is 7.63. The molecule has 0 saturated heterocycles. The number of rotatable bonds is 7. The number of thioether (sulfide) groups is 1. The summed E-state index contributed by atoms with van der Waals surface area (Å²) in [4.78, 5) is 11.7. The first-order chi connectivity index (χ1) is 8.27. The monoisotopic (exact) mass is 271 g/mol. The van der Waals surface area contributed by atoms with Crippen molar-refractivity contribution >= 4 is 29.3 Å². The highest BCUT2D eigenvalue weighted by molar-refractivity contribution is 7.98. The van der Waals surface area contributed by atoms with Crippen LogP contribution in [0.15, 0.2) is 24.3 Å². The predicted octanol–water partition coefficient (Wildman–Crippen LogP) is 3.30. The Bertz CT molecular complexity index is 340. The molecule has 1 aromatic carbocycles. The molecule has 0 fully saturated rings. The van der Waals surface area contributed by atoms with Crippen molar-refractivity contribution in [2.24, 2.45) is 0 Å². The molecule has 1 N–H and O–H groups in total. The maximum absolute atomic E-state index is 11.7. The second kappa shape index (κ2) is 8.43. The Morgan fingerprint density at radius 1 is 1.29 bits per heavy atom. The van der Waals surface area contributed by atoms with Crippen molar-refractivity contribution in [1.29, 1.82) is 0 Å². The van der Waals surface area contributed by atoms with Crippen LogP contribution in [0.3, 0.4) is 0 Å². The smallest absolute Gasteiger partial charge is 0.251 e. The SMILES string of the molecule is CSCCCCNC(=O)c1ccc(CCl)cc1. The van der Waals surface area contributed by atoms with E-state index in [-0.39, 0.29) is 5.91 Å². The van der Waals surface area contributed by atoms with Crippen molar-refractivity contribution in [3.63, 3.8) is 0 Å². The van der Waals surface area contributed by atoms with Gasteiger partial charge in [0, 0.05) is 18.0 Å². The Balaban J connectivity index is 2.31. The third-order valence-electron chi connectivity index (χ3n) is 2.43. The van der Waals surface area contributed by atoms with Gasteiger partial charge >= 0.3 is 0 Å². The van der Waals surface area contributed by atoms with E-state index in [1.807, 2.05) is 36.0 Å². The summed E-state index contributed by atoms with van der Waals surface area (Å²) in [6.45, 7) is 0.747. The minimum absolute atomic E-state index is 0.00438. The van der Waals surface area contributed by atoms with E-state index < -0.39 is 0 Å². The van der Waals surface area contributed by atoms with Crippen molar-refractivity contribution in [1.82, 2.24) is 5.32 Å². The van der Waals surface area contributed by atoms with Crippen molar-refractivity contribution in [2.45, 2.75) is 18.7 Å². The first kappa shape index (κ1) is 14.4. The number of halogens is 1. The summed E-state index contributed by atoms with van der Waals surface area (Å²) in [5.74, 6) is 1.63. The van der Waals surface area contributed by atoms with Crippen LogP contribution < -0.4 is 5.32 Å². The van der Waals surface area contributed by atoms with Crippen LogP contribution >= 0.6 is 23.4 Å². The third-order valence-corrected chi connectivity index (χ3v) is 3.44. The molecule has 0 aliphatic rings. The van der Waals surface area contributed by atoms with Crippen LogP contribution in [0.2, 0.25) is 0 Å². The highest BCUT2D eigenvalue weighted by Gasteiger charge is 2.03. The summed E-state index contributed by atoms with van der Waals surface area (Å²) in [5, 5.41) is 2.91. The second-order valence-corrected chi connectivity index (χ2v) is 5.04. The molecule has 0 saturated carbocycles. The summed E-state index contributed by atoms with van der Waals surface area (Å²) in [7, 11) is 0. The van der Waals surface area contributed by atoms with Gasteiger partial charge in [0.1, 0.15) is 0 Å². The van der Waals surface area contributed by atoms with Gasteiger partial charge in [0.2, 0.25) is 0 Å². The number of carbonyl (C=O) groups excluding carboxylic acids is 1. The molecule has 0 spiro atoms. The molecule has 0 atom stereocenters.